The molecular weight excluding hydrogens is 387 g/mol. The maximum Gasteiger partial charge on any atom is 0.322 e. The van der Waals surface area contributed by atoms with Crippen molar-refractivity contribution < 1.29 is 14.3 Å². The van der Waals surface area contributed by atoms with Gasteiger partial charge in [0, 0.05) is 12.2 Å². The number of hydrogen-bond acceptors (Lipinski definition) is 4. The lowest BCUT2D eigenvalue weighted by molar-refractivity contribution is -0.142. The zero-order valence-corrected chi connectivity index (χ0v) is 16.4. The molecule has 5 nitrogen and oxygen atoms in total. The monoisotopic (exact) mass is 406 g/mol. The topological polar surface area (TPSA) is 72.6 Å². The third kappa shape index (κ3) is 4.10. The second-order valence-electron chi connectivity index (χ2n) is 6.45. The molecule has 0 bridgehead atoms. The highest BCUT2D eigenvalue weighted by molar-refractivity contribution is 6.40. The average Bonchev–Trinajstić information content (AvgIpc) is 2.66. The summed E-state index contributed by atoms with van der Waals surface area (Å²) < 4.78 is 4.67. The van der Waals surface area contributed by atoms with Crippen molar-refractivity contribution in [3.8, 4) is 0 Å². The van der Waals surface area contributed by atoms with E-state index in [9.17, 15) is 9.59 Å². The minimum absolute atomic E-state index is 0.217. The van der Waals surface area contributed by atoms with Crippen LogP contribution in [-0.2, 0) is 22.4 Å². The highest BCUT2D eigenvalue weighted by atomic mass is 35.5. The van der Waals surface area contributed by atoms with E-state index in [1.54, 1.807) is 23.1 Å². The Labute approximate surface area is 168 Å². The molecule has 1 heterocycles. The van der Waals surface area contributed by atoms with E-state index in [0.717, 1.165) is 29.7 Å². The predicted octanol–water partition coefficient (Wildman–Crippen LogP) is 3.63. The molecule has 1 aliphatic heterocycles. The molecule has 2 aromatic rings. The van der Waals surface area contributed by atoms with Crippen LogP contribution in [0.2, 0.25) is 10.0 Å². The van der Waals surface area contributed by atoms with Gasteiger partial charge in [-0.3, -0.25) is 9.59 Å². The van der Waals surface area contributed by atoms with E-state index in [1.807, 2.05) is 18.2 Å². The van der Waals surface area contributed by atoms with E-state index in [1.165, 1.54) is 7.11 Å². The molecule has 3 rings (SSSR count). The second kappa shape index (κ2) is 8.30. The standard InChI is InChI=1S/C20H20Cl2N2O3/c1-27-20(26)16(23)11-12-7-8-17-13(10-12)4-3-9-24(17)19(25)18-14(21)5-2-6-15(18)22/h2,5-8,10,16H,3-4,9,11,23H2,1H3. The molecule has 1 atom stereocenters. The number of carbonyl (C=O) groups excluding carboxylic acids is 2. The number of hydrogen-bond donors (Lipinski definition) is 1. The first kappa shape index (κ1) is 19.7. The minimum atomic E-state index is -0.712. The average molecular weight is 407 g/mol. The zero-order chi connectivity index (χ0) is 19.6. The van der Waals surface area contributed by atoms with Gasteiger partial charge in [0.25, 0.3) is 5.91 Å². The van der Waals surface area contributed by atoms with E-state index in [-0.39, 0.29) is 5.91 Å². The Balaban J connectivity index is 1.89. The van der Waals surface area contributed by atoms with Crippen LogP contribution >= 0.6 is 23.2 Å². The highest BCUT2D eigenvalue weighted by Gasteiger charge is 2.27. The highest BCUT2D eigenvalue weighted by Crippen LogP contribution is 2.33. The maximum atomic E-state index is 13.1. The van der Waals surface area contributed by atoms with E-state index >= 15 is 0 Å². The largest absolute Gasteiger partial charge is 0.468 e. The van der Waals surface area contributed by atoms with Gasteiger partial charge in [-0.25, -0.2) is 0 Å². The van der Waals surface area contributed by atoms with Gasteiger partial charge in [-0.15, -0.1) is 0 Å². The second-order valence-corrected chi connectivity index (χ2v) is 7.27. The molecule has 0 aliphatic carbocycles. The number of fused-ring (bicyclic) bond motifs is 1. The molecule has 2 aromatic carbocycles. The number of carbonyl (C=O) groups is 2. The van der Waals surface area contributed by atoms with Gasteiger partial charge in [0.2, 0.25) is 0 Å². The quantitative estimate of drug-likeness (QED) is 0.786. The van der Waals surface area contributed by atoms with E-state index in [4.69, 9.17) is 28.9 Å². The fourth-order valence-corrected chi connectivity index (χ4v) is 3.87. The first-order valence-electron chi connectivity index (χ1n) is 8.63. The van der Waals surface area contributed by atoms with E-state index in [0.29, 0.717) is 28.6 Å². The molecule has 0 radical (unpaired) electrons. The van der Waals surface area contributed by atoms with Crippen molar-refractivity contribution in [3.63, 3.8) is 0 Å². The summed E-state index contributed by atoms with van der Waals surface area (Å²) >= 11 is 12.4. The number of aryl methyl sites for hydroxylation is 1. The van der Waals surface area contributed by atoms with Gasteiger partial charge in [-0.1, -0.05) is 41.4 Å². The molecule has 0 spiro atoms. The van der Waals surface area contributed by atoms with Gasteiger partial charge in [0.1, 0.15) is 6.04 Å². The van der Waals surface area contributed by atoms with Crippen molar-refractivity contribution >= 4 is 40.8 Å². The fourth-order valence-electron chi connectivity index (χ4n) is 3.31. The van der Waals surface area contributed by atoms with Crippen LogP contribution in [0.5, 0.6) is 0 Å². The molecule has 0 aromatic heterocycles. The molecule has 7 heteroatoms. The number of anilines is 1. The fraction of sp³-hybridized carbons (Fsp3) is 0.300. The van der Waals surface area contributed by atoms with E-state index in [2.05, 4.69) is 4.74 Å². The minimum Gasteiger partial charge on any atom is -0.468 e. The normalized spacial score (nSPS) is 14.4. The number of methoxy groups -OCH3 is 1. The zero-order valence-electron chi connectivity index (χ0n) is 14.9. The number of nitrogens with two attached hydrogens (primary N) is 1. The maximum absolute atomic E-state index is 13.1. The first-order chi connectivity index (χ1) is 12.9. The molecule has 0 fully saturated rings. The van der Waals surface area contributed by atoms with Gasteiger partial charge >= 0.3 is 5.97 Å². The summed E-state index contributed by atoms with van der Waals surface area (Å²) in [6, 6.07) is 10.1. The Morgan fingerprint density at radius 3 is 2.59 bits per heavy atom. The molecule has 1 amide bonds. The summed E-state index contributed by atoms with van der Waals surface area (Å²) in [7, 11) is 1.32. The number of ether oxygens (including phenoxy) is 1. The smallest absolute Gasteiger partial charge is 0.322 e. The Morgan fingerprint density at radius 2 is 1.93 bits per heavy atom. The SMILES string of the molecule is COC(=O)C(N)Cc1ccc2c(c1)CCCN2C(=O)c1c(Cl)cccc1Cl. The van der Waals surface area contributed by atoms with Crippen molar-refractivity contribution in [2.75, 3.05) is 18.6 Å². The van der Waals surface area contributed by atoms with Crippen LogP contribution in [0.25, 0.3) is 0 Å². The lowest BCUT2D eigenvalue weighted by Crippen LogP contribution is -2.36. The Bertz CT molecular complexity index is 865. The van der Waals surface area contributed by atoms with Crippen molar-refractivity contribution in [1.82, 2.24) is 0 Å². The summed E-state index contributed by atoms with van der Waals surface area (Å²) in [6.45, 7) is 0.592. The van der Waals surface area contributed by atoms with Crippen LogP contribution in [0.1, 0.15) is 27.9 Å². The summed E-state index contributed by atoms with van der Waals surface area (Å²) in [5.74, 6) is -0.663. The summed E-state index contributed by atoms with van der Waals surface area (Å²) in [4.78, 5) is 26.3. The lowest BCUT2D eigenvalue weighted by Gasteiger charge is -2.30. The van der Waals surface area contributed by atoms with Gasteiger partial charge < -0.3 is 15.4 Å². The number of esters is 1. The molecule has 2 N–H and O–H groups in total. The number of rotatable bonds is 4. The molecule has 0 saturated carbocycles. The van der Waals surface area contributed by atoms with Crippen LogP contribution in [0.15, 0.2) is 36.4 Å². The van der Waals surface area contributed by atoms with Gasteiger partial charge in [-0.05, 0) is 48.6 Å². The van der Waals surface area contributed by atoms with Crippen molar-refractivity contribution in [1.29, 1.82) is 0 Å². The number of nitrogens with zero attached hydrogens (tertiary/aromatic N) is 1. The summed E-state index contributed by atoms with van der Waals surface area (Å²) in [5.41, 5.74) is 8.96. The Hall–Kier alpha value is -2.08. The van der Waals surface area contributed by atoms with Crippen LogP contribution in [0, 0.1) is 0 Å². The molecule has 0 saturated heterocycles. The van der Waals surface area contributed by atoms with Gasteiger partial charge in [0.15, 0.2) is 0 Å². The van der Waals surface area contributed by atoms with Crippen molar-refractivity contribution in [3.05, 3.63) is 63.1 Å². The molecular formula is C20H20Cl2N2O3. The Kier molecular flexibility index (Phi) is 6.05. The van der Waals surface area contributed by atoms with Crippen molar-refractivity contribution in [2.24, 2.45) is 5.73 Å². The van der Waals surface area contributed by atoms with Crippen LogP contribution in [-0.4, -0.2) is 31.6 Å². The number of benzene rings is 2. The summed E-state index contributed by atoms with van der Waals surface area (Å²) in [6.07, 6.45) is 2.05. The lowest BCUT2D eigenvalue weighted by atomic mass is 9.96. The molecule has 1 aliphatic rings. The van der Waals surface area contributed by atoms with Crippen LogP contribution < -0.4 is 10.6 Å². The molecule has 27 heavy (non-hydrogen) atoms. The van der Waals surface area contributed by atoms with Gasteiger partial charge in [0.05, 0.1) is 22.7 Å². The Morgan fingerprint density at radius 1 is 1.22 bits per heavy atom. The van der Waals surface area contributed by atoms with Crippen LogP contribution in [0.4, 0.5) is 5.69 Å². The van der Waals surface area contributed by atoms with Crippen molar-refractivity contribution in [2.45, 2.75) is 25.3 Å². The predicted molar refractivity (Wildman–Crippen MR) is 107 cm³/mol. The number of halogens is 2. The van der Waals surface area contributed by atoms with Crippen LogP contribution in [0.3, 0.4) is 0 Å². The number of amides is 1. The molecule has 1 unspecified atom stereocenters. The van der Waals surface area contributed by atoms with E-state index < -0.39 is 12.0 Å². The molecule has 142 valence electrons. The third-order valence-corrected chi connectivity index (χ3v) is 5.27. The summed E-state index contributed by atoms with van der Waals surface area (Å²) in [5, 5.41) is 0.667. The first-order valence-corrected chi connectivity index (χ1v) is 9.39. The third-order valence-electron chi connectivity index (χ3n) is 4.64. The van der Waals surface area contributed by atoms with Gasteiger partial charge in [-0.2, -0.15) is 0 Å².